The highest BCUT2D eigenvalue weighted by molar-refractivity contribution is 5.96. The lowest BCUT2D eigenvalue weighted by atomic mass is 9.96. The third kappa shape index (κ3) is 9.49. The summed E-state index contributed by atoms with van der Waals surface area (Å²) in [7, 11) is 0. The van der Waals surface area contributed by atoms with Crippen LogP contribution in [0.25, 0.3) is 0 Å². The highest BCUT2D eigenvalue weighted by Gasteiger charge is 2.44. The van der Waals surface area contributed by atoms with E-state index in [2.05, 4.69) is 16.0 Å². The van der Waals surface area contributed by atoms with Crippen LogP contribution in [0, 0.1) is 5.92 Å². The van der Waals surface area contributed by atoms with Crippen molar-refractivity contribution < 1.29 is 43.8 Å². The predicted molar refractivity (Wildman–Crippen MR) is 164 cm³/mol. The average Bonchev–Trinajstić information content (AvgIpc) is 3.72. The largest absolute Gasteiger partial charge is 0.481 e. The molecule has 7 N–H and O–H groups in total. The summed E-state index contributed by atoms with van der Waals surface area (Å²) in [5.74, 6) is -5.75. The van der Waals surface area contributed by atoms with Crippen molar-refractivity contribution in [2.45, 2.75) is 89.0 Å². The number of carboxylic acids is 2. The van der Waals surface area contributed by atoms with Crippen molar-refractivity contribution in [3.8, 4) is 0 Å². The van der Waals surface area contributed by atoms with E-state index < -0.39 is 84.6 Å². The van der Waals surface area contributed by atoms with Gasteiger partial charge in [0.15, 0.2) is 0 Å². The second-order valence-electron chi connectivity index (χ2n) is 11.8. The van der Waals surface area contributed by atoms with Gasteiger partial charge in [0.2, 0.25) is 29.5 Å². The van der Waals surface area contributed by atoms with Gasteiger partial charge in [0, 0.05) is 19.5 Å². The Hall–Kier alpha value is -4.53. The van der Waals surface area contributed by atoms with Crippen LogP contribution < -0.4 is 21.7 Å². The highest BCUT2D eigenvalue weighted by atomic mass is 16.4. The number of hydrogen-bond donors (Lipinski definition) is 6. The Morgan fingerprint density at radius 1 is 0.935 bits per heavy atom. The van der Waals surface area contributed by atoms with Gasteiger partial charge < -0.3 is 41.7 Å². The third-order valence-electron chi connectivity index (χ3n) is 8.51. The van der Waals surface area contributed by atoms with Gasteiger partial charge in [-0.05, 0) is 37.2 Å². The van der Waals surface area contributed by atoms with Crippen LogP contribution in [0.2, 0.25) is 0 Å². The van der Waals surface area contributed by atoms with Gasteiger partial charge in [0.05, 0.1) is 19.0 Å². The SMILES string of the molecule is CC[C@H](C)[C@H](NC(=O)[C@@H](N)CC(=O)O)C(=O)N1CCC[C@H]1C(=O)N1CCC[C@H]1C(=O)[15NH]CC(=O)N[C@@H](Cc1ccccc1)C(=O)O. The van der Waals surface area contributed by atoms with Crippen molar-refractivity contribution in [3.63, 3.8) is 0 Å². The molecular formula is C31H44N6O9. The standard InChI is InChI=1S/C31H44N6O9/c1-3-18(2)26(35-27(41)20(32)16-25(39)40)30(44)37-14-8-12-23(37)29(43)36-13-7-11-22(36)28(42)33-17-24(38)34-21(31(45)46)15-19-9-5-4-6-10-19/h4-6,9-10,18,20-23,26H,3,7-8,11-17,32H2,1-2H3,(H,33,42)(H,34,38)(H,35,41)(H,39,40)(H,45,46)/t18-,20-,21-,22-,23-,26-/m0/s1/i33+1. The first kappa shape index (κ1) is 35.9. The van der Waals surface area contributed by atoms with Crippen LogP contribution in [0.5, 0.6) is 0 Å². The fourth-order valence-electron chi connectivity index (χ4n) is 5.77. The fraction of sp³-hybridized carbons (Fsp3) is 0.581. The number of amides is 5. The number of benzene rings is 1. The first-order valence-electron chi connectivity index (χ1n) is 15.6. The van der Waals surface area contributed by atoms with Crippen molar-refractivity contribution in [3.05, 3.63) is 35.9 Å². The Bertz CT molecular complexity index is 1290. The van der Waals surface area contributed by atoms with Crippen LogP contribution >= 0.6 is 0 Å². The van der Waals surface area contributed by atoms with Gasteiger partial charge >= 0.3 is 11.9 Å². The number of carbonyl (C=O) groups is 7. The number of likely N-dealkylation sites (tertiary alicyclic amines) is 2. The molecule has 5 amide bonds. The zero-order chi connectivity index (χ0) is 34.0. The second kappa shape index (κ2) is 16.7. The number of hydrogen-bond acceptors (Lipinski definition) is 8. The molecule has 1 aromatic rings. The van der Waals surface area contributed by atoms with Gasteiger partial charge in [-0.25, -0.2) is 4.79 Å². The van der Waals surface area contributed by atoms with Crippen molar-refractivity contribution in [1.82, 2.24) is 25.8 Å². The monoisotopic (exact) mass is 645 g/mol. The molecule has 15 nitrogen and oxygen atoms in total. The molecule has 0 bridgehead atoms. The van der Waals surface area contributed by atoms with Crippen LogP contribution in [0.15, 0.2) is 30.3 Å². The number of nitrogens with one attached hydrogen (secondary N) is 3. The topological polar surface area (TPSA) is 229 Å². The summed E-state index contributed by atoms with van der Waals surface area (Å²) >= 11 is 0. The maximum absolute atomic E-state index is 13.8. The van der Waals surface area contributed by atoms with Crippen LogP contribution in [-0.4, -0.2) is 111 Å². The molecular weight excluding hydrogens is 601 g/mol. The molecule has 0 saturated carbocycles. The lowest BCUT2D eigenvalue weighted by molar-refractivity contribution is -0.148. The zero-order valence-corrected chi connectivity index (χ0v) is 26.1. The molecule has 2 saturated heterocycles. The third-order valence-corrected chi connectivity index (χ3v) is 8.51. The number of aliphatic carboxylic acids is 2. The van der Waals surface area contributed by atoms with Crippen LogP contribution in [0.3, 0.4) is 0 Å². The number of rotatable bonds is 15. The van der Waals surface area contributed by atoms with Crippen LogP contribution in [-0.2, 0) is 40.0 Å². The van der Waals surface area contributed by atoms with Crippen molar-refractivity contribution in [2.75, 3.05) is 19.6 Å². The molecule has 1 aromatic carbocycles. The molecule has 2 heterocycles. The Balaban J connectivity index is 1.62. The molecule has 3 rings (SSSR count). The van der Waals surface area contributed by atoms with Gasteiger partial charge in [-0.3, -0.25) is 28.8 Å². The first-order chi connectivity index (χ1) is 21.8. The molecule has 6 atom stereocenters. The van der Waals surface area contributed by atoms with Gasteiger partial charge in [-0.2, -0.15) is 0 Å². The minimum Gasteiger partial charge on any atom is -0.481 e. The molecule has 46 heavy (non-hydrogen) atoms. The summed E-state index contributed by atoms with van der Waals surface area (Å²) in [4.78, 5) is 91.3. The maximum atomic E-state index is 13.8. The van der Waals surface area contributed by atoms with E-state index in [1.807, 2.05) is 6.92 Å². The number of nitrogens with two attached hydrogens (primary N) is 1. The van der Waals surface area contributed by atoms with E-state index in [0.717, 1.165) is 5.56 Å². The molecule has 0 spiro atoms. The van der Waals surface area contributed by atoms with Gasteiger partial charge in [-0.1, -0.05) is 50.6 Å². The minimum absolute atomic E-state index is 0.0636. The van der Waals surface area contributed by atoms with Crippen molar-refractivity contribution in [1.29, 1.82) is 0 Å². The predicted octanol–water partition coefficient (Wildman–Crippen LogP) is -0.770. The van der Waals surface area contributed by atoms with Gasteiger partial charge in [0.25, 0.3) is 0 Å². The van der Waals surface area contributed by atoms with Crippen LogP contribution in [0.1, 0.15) is 57.9 Å². The van der Waals surface area contributed by atoms with E-state index in [-0.39, 0.29) is 25.4 Å². The molecule has 252 valence electrons. The fourth-order valence-corrected chi connectivity index (χ4v) is 5.77. The number of carboxylic acid groups (broad SMARTS) is 2. The molecule has 0 unspecified atom stereocenters. The number of nitrogens with zero attached hydrogens (tertiary/aromatic N) is 2. The van der Waals surface area contributed by atoms with E-state index in [4.69, 9.17) is 10.8 Å². The van der Waals surface area contributed by atoms with E-state index in [1.165, 1.54) is 9.80 Å². The first-order valence-corrected chi connectivity index (χ1v) is 15.6. The summed E-state index contributed by atoms with van der Waals surface area (Å²) < 4.78 is 0. The van der Waals surface area contributed by atoms with E-state index in [0.29, 0.717) is 32.1 Å². The quantitative estimate of drug-likeness (QED) is 0.131. The molecule has 2 aliphatic heterocycles. The van der Waals surface area contributed by atoms with Crippen LogP contribution in [0.4, 0.5) is 0 Å². The molecule has 0 aliphatic carbocycles. The molecule has 2 aliphatic rings. The van der Waals surface area contributed by atoms with Crippen molar-refractivity contribution in [2.24, 2.45) is 11.7 Å². The second-order valence-corrected chi connectivity index (χ2v) is 11.8. The van der Waals surface area contributed by atoms with E-state index in [1.54, 1.807) is 37.3 Å². The van der Waals surface area contributed by atoms with E-state index >= 15 is 0 Å². The molecule has 15 heteroatoms. The van der Waals surface area contributed by atoms with Crippen molar-refractivity contribution >= 4 is 41.5 Å². The Morgan fingerprint density at radius 2 is 1.57 bits per heavy atom. The summed E-state index contributed by atoms with van der Waals surface area (Å²) in [5.41, 5.74) is 6.43. The average molecular weight is 646 g/mol. The van der Waals surface area contributed by atoms with E-state index in [9.17, 15) is 38.7 Å². The normalized spacial score (nSPS) is 20.2. The summed E-state index contributed by atoms with van der Waals surface area (Å²) in [6.45, 7) is 3.65. The Kier molecular flexibility index (Phi) is 13.0. The highest BCUT2D eigenvalue weighted by Crippen LogP contribution is 2.26. The lowest BCUT2D eigenvalue weighted by Crippen LogP contribution is -2.59. The molecule has 0 aromatic heterocycles. The Morgan fingerprint density at radius 3 is 2.17 bits per heavy atom. The minimum atomic E-state index is -1.35. The Labute approximate surface area is 267 Å². The lowest BCUT2D eigenvalue weighted by Gasteiger charge is -2.34. The van der Waals surface area contributed by atoms with Gasteiger partial charge in [-0.15, -0.1) is 0 Å². The summed E-state index contributed by atoms with van der Waals surface area (Å²) in [6.07, 6.45) is 1.73. The maximum Gasteiger partial charge on any atom is 0.326 e. The molecule has 0 radical (unpaired) electrons. The summed E-state index contributed by atoms with van der Waals surface area (Å²) in [5, 5.41) is 26.0. The molecule has 2 fully saturated rings. The van der Waals surface area contributed by atoms with Gasteiger partial charge in [0.1, 0.15) is 24.2 Å². The number of carbonyl (C=O) groups excluding carboxylic acids is 5. The smallest absolute Gasteiger partial charge is 0.326 e. The zero-order valence-electron chi connectivity index (χ0n) is 26.1. The summed E-state index contributed by atoms with van der Waals surface area (Å²) in [6, 6.07) is 3.48.